The SMILES string of the molecule is O=C(COc1ccc(I)cc1)Nc1cccnc1-n1cccn1. The van der Waals surface area contributed by atoms with Crippen molar-refractivity contribution in [3.8, 4) is 11.6 Å². The first-order chi connectivity index (χ1) is 11.2. The minimum Gasteiger partial charge on any atom is -0.484 e. The third-order valence-corrected chi connectivity index (χ3v) is 3.68. The molecule has 23 heavy (non-hydrogen) atoms. The molecule has 7 heteroatoms. The van der Waals surface area contributed by atoms with Crippen molar-refractivity contribution in [3.63, 3.8) is 0 Å². The molecule has 0 atom stereocenters. The third kappa shape index (κ3) is 4.07. The van der Waals surface area contributed by atoms with Gasteiger partial charge in [0.1, 0.15) is 5.75 Å². The summed E-state index contributed by atoms with van der Waals surface area (Å²) < 4.78 is 8.17. The van der Waals surface area contributed by atoms with Gasteiger partial charge in [0.2, 0.25) is 0 Å². The Bertz CT molecular complexity index is 788. The smallest absolute Gasteiger partial charge is 0.262 e. The Kier molecular flexibility index (Phi) is 4.86. The van der Waals surface area contributed by atoms with Crippen molar-refractivity contribution in [2.75, 3.05) is 11.9 Å². The maximum absolute atomic E-state index is 12.1. The van der Waals surface area contributed by atoms with E-state index in [2.05, 4.69) is 38.0 Å². The van der Waals surface area contributed by atoms with Crippen LogP contribution in [0.25, 0.3) is 5.82 Å². The molecule has 3 aromatic rings. The quantitative estimate of drug-likeness (QED) is 0.645. The number of ether oxygens (including phenoxy) is 1. The van der Waals surface area contributed by atoms with Crippen molar-refractivity contribution >= 4 is 34.2 Å². The molecule has 116 valence electrons. The average Bonchev–Trinajstić information content (AvgIpc) is 3.09. The summed E-state index contributed by atoms with van der Waals surface area (Å²) in [6.45, 7) is -0.0754. The number of rotatable bonds is 5. The number of carbonyl (C=O) groups excluding carboxylic acids is 1. The van der Waals surface area contributed by atoms with Crippen molar-refractivity contribution in [1.29, 1.82) is 0 Å². The van der Waals surface area contributed by atoms with Crippen LogP contribution in [0.2, 0.25) is 0 Å². The van der Waals surface area contributed by atoms with Crippen LogP contribution in [0.5, 0.6) is 5.75 Å². The highest BCUT2D eigenvalue weighted by molar-refractivity contribution is 14.1. The average molecular weight is 420 g/mol. The maximum Gasteiger partial charge on any atom is 0.262 e. The largest absolute Gasteiger partial charge is 0.484 e. The van der Waals surface area contributed by atoms with Gasteiger partial charge >= 0.3 is 0 Å². The van der Waals surface area contributed by atoms with Crippen molar-refractivity contribution in [2.24, 2.45) is 0 Å². The van der Waals surface area contributed by atoms with Crippen molar-refractivity contribution in [2.45, 2.75) is 0 Å². The molecule has 0 spiro atoms. The number of carbonyl (C=O) groups is 1. The fourth-order valence-corrected chi connectivity index (χ4v) is 2.30. The lowest BCUT2D eigenvalue weighted by molar-refractivity contribution is -0.118. The number of benzene rings is 1. The first kappa shape index (κ1) is 15.5. The zero-order chi connectivity index (χ0) is 16.1. The highest BCUT2D eigenvalue weighted by Crippen LogP contribution is 2.17. The van der Waals surface area contributed by atoms with Gasteiger partial charge in [0.15, 0.2) is 12.4 Å². The first-order valence-electron chi connectivity index (χ1n) is 6.85. The number of nitrogens with zero attached hydrogens (tertiary/aromatic N) is 3. The van der Waals surface area contributed by atoms with E-state index in [-0.39, 0.29) is 12.5 Å². The normalized spacial score (nSPS) is 10.3. The molecule has 1 N–H and O–H groups in total. The summed E-state index contributed by atoms with van der Waals surface area (Å²) in [5.41, 5.74) is 0.576. The first-order valence-corrected chi connectivity index (χ1v) is 7.93. The van der Waals surface area contributed by atoms with E-state index in [0.717, 1.165) is 3.57 Å². The summed E-state index contributed by atoms with van der Waals surface area (Å²) >= 11 is 2.21. The Hall–Kier alpha value is -2.42. The molecule has 1 aromatic carbocycles. The lowest BCUT2D eigenvalue weighted by Gasteiger charge is -2.10. The molecular formula is C16H13IN4O2. The molecule has 0 unspecified atom stereocenters. The Balaban J connectivity index is 1.65. The fourth-order valence-electron chi connectivity index (χ4n) is 1.94. The summed E-state index contributed by atoms with van der Waals surface area (Å²) in [6.07, 6.45) is 5.06. The molecule has 3 rings (SSSR count). The van der Waals surface area contributed by atoms with Crippen molar-refractivity contribution in [3.05, 3.63) is 64.6 Å². The Morgan fingerprint density at radius 3 is 2.74 bits per heavy atom. The lowest BCUT2D eigenvalue weighted by atomic mass is 10.3. The molecular weight excluding hydrogens is 407 g/mol. The van der Waals surface area contributed by atoms with Gasteiger partial charge in [-0.25, -0.2) is 9.67 Å². The topological polar surface area (TPSA) is 69.0 Å². The number of amides is 1. The van der Waals surface area contributed by atoms with Gasteiger partial charge in [-0.15, -0.1) is 0 Å². The molecule has 0 saturated heterocycles. The lowest BCUT2D eigenvalue weighted by Crippen LogP contribution is -2.21. The number of hydrogen-bond acceptors (Lipinski definition) is 4. The molecule has 2 heterocycles. The summed E-state index contributed by atoms with van der Waals surface area (Å²) in [4.78, 5) is 16.3. The Morgan fingerprint density at radius 2 is 2.00 bits per heavy atom. The van der Waals surface area contributed by atoms with Crippen LogP contribution < -0.4 is 10.1 Å². The number of hydrogen-bond donors (Lipinski definition) is 1. The molecule has 0 aliphatic heterocycles. The highest BCUT2D eigenvalue weighted by Gasteiger charge is 2.10. The Morgan fingerprint density at radius 1 is 1.17 bits per heavy atom. The van der Waals surface area contributed by atoms with Crippen LogP contribution in [0.15, 0.2) is 61.1 Å². The van der Waals surface area contributed by atoms with Gasteiger partial charge in [-0.05, 0) is 65.1 Å². The predicted molar refractivity (Wildman–Crippen MR) is 94.6 cm³/mol. The van der Waals surface area contributed by atoms with Crippen molar-refractivity contribution < 1.29 is 9.53 Å². The minimum atomic E-state index is -0.259. The zero-order valence-electron chi connectivity index (χ0n) is 12.0. The van der Waals surface area contributed by atoms with E-state index in [9.17, 15) is 4.79 Å². The van der Waals surface area contributed by atoms with Crippen LogP contribution >= 0.6 is 22.6 Å². The van der Waals surface area contributed by atoms with E-state index >= 15 is 0 Å². The molecule has 0 radical (unpaired) electrons. The number of nitrogens with one attached hydrogen (secondary N) is 1. The molecule has 6 nitrogen and oxygen atoms in total. The number of halogens is 1. The van der Waals surface area contributed by atoms with E-state index in [1.807, 2.05) is 24.3 Å². The molecule has 0 aliphatic rings. The number of anilines is 1. The number of pyridine rings is 1. The molecule has 0 fully saturated rings. The Labute approximate surface area is 146 Å². The van der Waals surface area contributed by atoms with E-state index in [4.69, 9.17) is 4.74 Å². The van der Waals surface area contributed by atoms with Crippen LogP contribution in [0.1, 0.15) is 0 Å². The summed E-state index contributed by atoms with van der Waals surface area (Å²) in [5, 5.41) is 6.92. The van der Waals surface area contributed by atoms with Crippen LogP contribution in [-0.4, -0.2) is 27.3 Å². The van der Waals surface area contributed by atoms with Gasteiger partial charge in [0, 0.05) is 22.2 Å². The molecule has 0 aliphatic carbocycles. The van der Waals surface area contributed by atoms with Crippen molar-refractivity contribution in [1.82, 2.24) is 14.8 Å². The monoisotopic (exact) mass is 420 g/mol. The van der Waals surface area contributed by atoms with Crippen LogP contribution in [0.4, 0.5) is 5.69 Å². The van der Waals surface area contributed by atoms with Gasteiger partial charge in [0.25, 0.3) is 5.91 Å². The van der Waals surface area contributed by atoms with Gasteiger partial charge in [-0.1, -0.05) is 0 Å². The number of aromatic nitrogens is 3. The predicted octanol–water partition coefficient (Wildman–Crippen LogP) is 2.89. The second kappa shape index (κ2) is 7.23. The standard InChI is InChI=1S/C16H13IN4O2/c17-12-4-6-13(7-5-12)23-11-15(22)20-14-3-1-8-18-16(14)21-10-2-9-19-21/h1-10H,11H2,(H,20,22). The van der Waals surface area contributed by atoms with Crippen LogP contribution in [-0.2, 0) is 4.79 Å². The van der Waals surface area contributed by atoms with E-state index < -0.39 is 0 Å². The van der Waals surface area contributed by atoms with Crippen LogP contribution in [0.3, 0.4) is 0 Å². The van der Waals surface area contributed by atoms with E-state index in [1.165, 1.54) is 0 Å². The fraction of sp³-hybridized carbons (Fsp3) is 0.0625. The van der Waals surface area contributed by atoms with Gasteiger partial charge in [-0.3, -0.25) is 4.79 Å². The van der Waals surface area contributed by atoms with E-state index in [0.29, 0.717) is 17.3 Å². The minimum absolute atomic E-state index is 0.0754. The van der Waals surface area contributed by atoms with Gasteiger partial charge in [0.05, 0.1) is 5.69 Å². The third-order valence-electron chi connectivity index (χ3n) is 2.97. The summed E-state index contributed by atoms with van der Waals surface area (Å²) in [6, 6.07) is 12.8. The molecule has 0 bridgehead atoms. The van der Waals surface area contributed by atoms with E-state index in [1.54, 1.807) is 41.5 Å². The summed E-state index contributed by atoms with van der Waals surface area (Å²) in [5.74, 6) is 0.948. The molecule has 1 amide bonds. The molecule has 0 saturated carbocycles. The van der Waals surface area contributed by atoms with Crippen LogP contribution in [0, 0.1) is 3.57 Å². The second-order valence-corrected chi connectivity index (χ2v) is 5.86. The maximum atomic E-state index is 12.1. The zero-order valence-corrected chi connectivity index (χ0v) is 14.2. The second-order valence-electron chi connectivity index (χ2n) is 4.62. The molecule has 2 aromatic heterocycles. The van der Waals surface area contributed by atoms with Gasteiger partial charge < -0.3 is 10.1 Å². The van der Waals surface area contributed by atoms with Gasteiger partial charge in [-0.2, -0.15) is 5.10 Å². The summed E-state index contributed by atoms with van der Waals surface area (Å²) in [7, 11) is 0. The highest BCUT2D eigenvalue weighted by atomic mass is 127.